The molecule has 0 radical (unpaired) electrons. The first-order valence-electron chi connectivity index (χ1n) is 10.2. The molecule has 4 rings (SSSR count). The SMILES string of the molecule is COC1CN(c2ncc(NC(=O)N[C@@H](c3oc4ccc(F)cc4c3C)C(C)C)cn2)C1. The van der Waals surface area contributed by atoms with E-state index in [1.54, 1.807) is 25.6 Å². The minimum atomic E-state index is -0.399. The number of hydrogen-bond donors (Lipinski definition) is 2. The van der Waals surface area contributed by atoms with Crippen molar-refractivity contribution >= 4 is 28.6 Å². The molecule has 0 saturated carbocycles. The maximum atomic E-state index is 13.6. The molecule has 1 atom stereocenters. The van der Waals surface area contributed by atoms with E-state index in [4.69, 9.17) is 9.15 Å². The van der Waals surface area contributed by atoms with Gasteiger partial charge in [-0.05, 0) is 31.0 Å². The third kappa shape index (κ3) is 4.32. The van der Waals surface area contributed by atoms with E-state index in [2.05, 4.69) is 20.6 Å². The third-order valence-electron chi connectivity index (χ3n) is 5.53. The van der Waals surface area contributed by atoms with Crippen molar-refractivity contribution in [3.63, 3.8) is 0 Å². The van der Waals surface area contributed by atoms with Crippen molar-refractivity contribution in [1.82, 2.24) is 15.3 Å². The second-order valence-corrected chi connectivity index (χ2v) is 8.09. The summed E-state index contributed by atoms with van der Waals surface area (Å²) in [5, 5.41) is 6.41. The van der Waals surface area contributed by atoms with Gasteiger partial charge >= 0.3 is 6.03 Å². The molecule has 0 aliphatic carbocycles. The van der Waals surface area contributed by atoms with E-state index in [0.29, 0.717) is 28.4 Å². The van der Waals surface area contributed by atoms with Gasteiger partial charge in [0, 0.05) is 31.1 Å². The highest BCUT2D eigenvalue weighted by Crippen LogP contribution is 2.33. The molecule has 2 amide bonds. The van der Waals surface area contributed by atoms with E-state index in [1.807, 2.05) is 25.7 Å². The molecule has 1 aliphatic rings. The second kappa shape index (κ2) is 8.50. The lowest BCUT2D eigenvalue weighted by Crippen LogP contribution is -2.52. The summed E-state index contributed by atoms with van der Waals surface area (Å²) in [5.74, 6) is 0.940. The largest absolute Gasteiger partial charge is 0.459 e. The van der Waals surface area contributed by atoms with Gasteiger partial charge in [0.15, 0.2) is 0 Å². The number of hydrogen-bond acceptors (Lipinski definition) is 6. The molecule has 0 spiro atoms. The van der Waals surface area contributed by atoms with Crippen LogP contribution in [0.4, 0.5) is 20.8 Å². The number of aryl methyl sites for hydroxylation is 1. The molecule has 2 aromatic heterocycles. The summed E-state index contributed by atoms with van der Waals surface area (Å²) in [7, 11) is 1.68. The first-order valence-corrected chi connectivity index (χ1v) is 10.2. The van der Waals surface area contributed by atoms with Gasteiger partial charge in [-0.15, -0.1) is 0 Å². The minimum absolute atomic E-state index is 0.0497. The molecule has 0 unspecified atom stereocenters. The van der Waals surface area contributed by atoms with Crippen LogP contribution in [0.2, 0.25) is 0 Å². The highest BCUT2D eigenvalue weighted by molar-refractivity contribution is 5.89. The molecular weight excluding hydrogens is 401 g/mol. The zero-order chi connectivity index (χ0) is 22.1. The van der Waals surface area contributed by atoms with Crippen molar-refractivity contribution in [2.24, 2.45) is 5.92 Å². The fourth-order valence-corrected chi connectivity index (χ4v) is 3.65. The Morgan fingerprint density at radius 2 is 2.00 bits per heavy atom. The number of amides is 2. The van der Waals surface area contributed by atoms with Crippen LogP contribution in [-0.4, -0.2) is 42.3 Å². The zero-order valence-corrected chi connectivity index (χ0v) is 18.0. The van der Waals surface area contributed by atoms with Gasteiger partial charge in [-0.25, -0.2) is 19.2 Å². The maximum Gasteiger partial charge on any atom is 0.319 e. The highest BCUT2D eigenvalue weighted by Gasteiger charge is 2.28. The fraction of sp³-hybridized carbons (Fsp3) is 0.409. The van der Waals surface area contributed by atoms with E-state index in [9.17, 15) is 9.18 Å². The van der Waals surface area contributed by atoms with Gasteiger partial charge in [-0.2, -0.15) is 0 Å². The Morgan fingerprint density at radius 3 is 2.65 bits per heavy atom. The molecule has 1 aliphatic heterocycles. The van der Waals surface area contributed by atoms with Crippen LogP contribution in [0.15, 0.2) is 35.0 Å². The number of methoxy groups -OCH3 is 1. The number of benzene rings is 1. The number of ether oxygens (including phenoxy) is 1. The quantitative estimate of drug-likeness (QED) is 0.617. The highest BCUT2D eigenvalue weighted by atomic mass is 19.1. The van der Waals surface area contributed by atoms with E-state index in [0.717, 1.165) is 18.7 Å². The molecule has 31 heavy (non-hydrogen) atoms. The van der Waals surface area contributed by atoms with E-state index in [1.165, 1.54) is 12.1 Å². The molecule has 9 heteroatoms. The Balaban J connectivity index is 1.44. The number of aromatic nitrogens is 2. The fourth-order valence-electron chi connectivity index (χ4n) is 3.65. The Bertz CT molecular complexity index is 1080. The Hall–Kier alpha value is -3.20. The summed E-state index contributed by atoms with van der Waals surface area (Å²) in [5.41, 5.74) is 1.88. The molecular formula is C22H26FN5O3. The van der Waals surface area contributed by atoms with Crippen molar-refractivity contribution in [3.05, 3.63) is 47.7 Å². The minimum Gasteiger partial charge on any atom is -0.459 e. The van der Waals surface area contributed by atoms with E-state index >= 15 is 0 Å². The van der Waals surface area contributed by atoms with Gasteiger partial charge in [0.1, 0.15) is 17.2 Å². The number of anilines is 2. The molecule has 1 aromatic carbocycles. The van der Waals surface area contributed by atoms with Crippen molar-refractivity contribution in [1.29, 1.82) is 0 Å². The topological polar surface area (TPSA) is 92.5 Å². The second-order valence-electron chi connectivity index (χ2n) is 8.09. The molecule has 0 bridgehead atoms. The lowest BCUT2D eigenvalue weighted by atomic mass is 9.98. The number of halogens is 1. The monoisotopic (exact) mass is 427 g/mol. The number of fused-ring (bicyclic) bond motifs is 1. The summed E-state index contributed by atoms with van der Waals surface area (Å²) in [6, 6.07) is 3.62. The van der Waals surface area contributed by atoms with Crippen LogP contribution in [0.1, 0.15) is 31.2 Å². The van der Waals surface area contributed by atoms with Gasteiger partial charge in [0.05, 0.1) is 30.2 Å². The molecule has 1 fully saturated rings. The predicted octanol–water partition coefficient (Wildman–Crippen LogP) is 4.02. The summed E-state index contributed by atoms with van der Waals surface area (Å²) in [4.78, 5) is 23.3. The third-order valence-corrected chi connectivity index (χ3v) is 5.53. The molecule has 164 valence electrons. The number of carbonyl (C=O) groups excluding carboxylic acids is 1. The summed E-state index contributed by atoms with van der Waals surface area (Å²) in [6.45, 7) is 7.33. The van der Waals surface area contributed by atoms with E-state index < -0.39 is 6.03 Å². The zero-order valence-electron chi connectivity index (χ0n) is 18.0. The standard InChI is InChI=1S/C22H26FN5O3/c1-12(2)19(20-13(3)17-7-14(23)5-6-18(17)31-20)27-22(29)26-15-8-24-21(25-9-15)28-10-16(11-28)30-4/h5-9,12,16,19H,10-11H2,1-4H3,(H2,26,27,29)/t19-/m1/s1. The van der Waals surface area contributed by atoms with Crippen molar-refractivity contribution < 1.29 is 18.3 Å². The molecule has 8 nitrogen and oxygen atoms in total. The predicted molar refractivity (Wildman–Crippen MR) is 116 cm³/mol. The summed E-state index contributed by atoms with van der Waals surface area (Å²) >= 11 is 0. The first-order chi connectivity index (χ1) is 14.9. The molecule has 3 heterocycles. The van der Waals surface area contributed by atoms with E-state index in [-0.39, 0.29) is 23.9 Å². The van der Waals surface area contributed by atoms with Gasteiger partial charge in [0.2, 0.25) is 5.95 Å². The normalized spacial score (nSPS) is 15.2. The van der Waals surface area contributed by atoms with Crippen LogP contribution < -0.4 is 15.5 Å². The van der Waals surface area contributed by atoms with Crippen LogP contribution in [0.5, 0.6) is 0 Å². The lowest BCUT2D eigenvalue weighted by molar-refractivity contribution is 0.0778. The van der Waals surface area contributed by atoms with Crippen LogP contribution in [-0.2, 0) is 4.74 Å². The van der Waals surface area contributed by atoms with Gasteiger partial charge in [0.25, 0.3) is 0 Å². The van der Waals surface area contributed by atoms with Crippen LogP contribution in [0.3, 0.4) is 0 Å². The maximum absolute atomic E-state index is 13.6. The Morgan fingerprint density at radius 1 is 1.29 bits per heavy atom. The Kier molecular flexibility index (Phi) is 5.77. The number of carbonyl (C=O) groups is 1. The number of rotatable bonds is 6. The molecule has 2 N–H and O–H groups in total. The average molecular weight is 427 g/mol. The number of nitrogens with one attached hydrogen (secondary N) is 2. The summed E-state index contributed by atoms with van der Waals surface area (Å²) < 4.78 is 24.8. The molecule has 3 aromatic rings. The molecule has 1 saturated heterocycles. The van der Waals surface area contributed by atoms with Crippen LogP contribution in [0.25, 0.3) is 11.0 Å². The van der Waals surface area contributed by atoms with Gasteiger partial charge in [-0.1, -0.05) is 13.8 Å². The Labute approximate surface area is 179 Å². The first kappa shape index (κ1) is 21.0. The number of furan rings is 1. The smallest absolute Gasteiger partial charge is 0.319 e. The number of nitrogens with zero attached hydrogens (tertiary/aromatic N) is 3. The summed E-state index contributed by atoms with van der Waals surface area (Å²) in [6.07, 6.45) is 3.35. The van der Waals surface area contributed by atoms with Crippen molar-refractivity contribution in [2.45, 2.75) is 32.9 Å². The van der Waals surface area contributed by atoms with Crippen molar-refractivity contribution in [3.8, 4) is 0 Å². The van der Waals surface area contributed by atoms with Gasteiger partial charge in [-0.3, -0.25) is 0 Å². The van der Waals surface area contributed by atoms with Crippen molar-refractivity contribution in [2.75, 3.05) is 30.4 Å². The van der Waals surface area contributed by atoms with Crippen LogP contribution >= 0.6 is 0 Å². The number of urea groups is 1. The van der Waals surface area contributed by atoms with Gasteiger partial charge < -0.3 is 24.7 Å². The lowest BCUT2D eigenvalue weighted by Gasteiger charge is -2.37. The van der Waals surface area contributed by atoms with Crippen LogP contribution in [0, 0.1) is 18.7 Å². The average Bonchev–Trinajstić information content (AvgIpc) is 3.02.